The van der Waals surface area contributed by atoms with Crippen molar-refractivity contribution in [3.8, 4) is 0 Å². The largest absolute Gasteiger partial charge is 0.673 e. The molecule has 22 heteroatoms. The number of hydrogen-bond acceptors (Lipinski definition) is 8. The van der Waals surface area contributed by atoms with Crippen molar-refractivity contribution in [3.05, 3.63) is 133 Å². The van der Waals surface area contributed by atoms with E-state index in [1.54, 1.807) is 15.7 Å². The number of hydrogen-bond donors (Lipinski definition) is 0. The maximum absolute atomic E-state index is 9.75. The number of rotatable bonds is 12. The maximum atomic E-state index is 9.75. The van der Waals surface area contributed by atoms with Gasteiger partial charge in [0.1, 0.15) is 0 Å². The van der Waals surface area contributed by atoms with E-state index in [1.165, 1.54) is 22.5 Å². The van der Waals surface area contributed by atoms with Gasteiger partial charge in [-0.25, -0.2) is 9.13 Å². The van der Waals surface area contributed by atoms with Crippen LogP contribution in [0, 0.1) is 0 Å². The third-order valence-corrected chi connectivity index (χ3v) is 8.04. The summed E-state index contributed by atoms with van der Waals surface area (Å²) in [4.78, 5) is 4.66. The molecule has 12 nitrogen and oxygen atoms in total. The first kappa shape index (κ1) is 47.9. The molecular formula is C38H46B2F8N12. The van der Waals surface area contributed by atoms with E-state index < -0.39 is 14.5 Å². The number of azo groups is 2. The topological polar surface area (TPSA) is 99.3 Å². The van der Waals surface area contributed by atoms with E-state index in [9.17, 15) is 34.5 Å². The second kappa shape index (κ2) is 23.2. The van der Waals surface area contributed by atoms with E-state index in [0.29, 0.717) is 11.9 Å². The number of aryl methyl sites for hydroxylation is 4. The molecule has 0 spiro atoms. The Bertz CT molecular complexity index is 2150. The molecule has 320 valence electrons. The highest BCUT2D eigenvalue weighted by atomic mass is 19.5. The van der Waals surface area contributed by atoms with E-state index in [2.05, 4.69) is 127 Å². The predicted molar refractivity (Wildman–Crippen MR) is 217 cm³/mol. The summed E-state index contributed by atoms with van der Waals surface area (Å²) in [5.41, 5.74) is 6.59. The van der Waals surface area contributed by atoms with Gasteiger partial charge in [-0.3, -0.25) is 0 Å². The van der Waals surface area contributed by atoms with Crippen molar-refractivity contribution in [2.24, 2.45) is 48.6 Å². The normalized spacial score (nSPS) is 11.3. The average molecular weight is 844 g/mol. The number of anilines is 2. The molecule has 0 aliphatic heterocycles. The lowest BCUT2D eigenvalue weighted by Gasteiger charge is -2.23. The SMILES string of the molecule is CCN(Cc1ccccc1)c1ccc(N=Nc2n(C)nc[n+]2C)cc1.CCN(Cc1ccccc1)c1ccc(N=Nc2nn(C)c[n+]2C)cc1.F[B-](F)(F)F.F[B-](F)(F)F. The lowest BCUT2D eigenvalue weighted by Crippen LogP contribution is -2.25. The van der Waals surface area contributed by atoms with Gasteiger partial charge in [-0.05, 0) is 78.6 Å². The Morgan fingerprint density at radius 2 is 0.967 bits per heavy atom. The lowest BCUT2D eigenvalue weighted by atomic mass is 10.2. The first-order valence-electron chi connectivity index (χ1n) is 18.5. The van der Waals surface area contributed by atoms with Crippen LogP contribution in [0.2, 0.25) is 0 Å². The van der Waals surface area contributed by atoms with Crippen molar-refractivity contribution in [2.45, 2.75) is 26.9 Å². The molecule has 0 fully saturated rings. The molecule has 4 aromatic carbocycles. The Labute approximate surface area is 343 Å². The van der Waals surface area contributed by atoms with Crippen LogP contribution in [0.3, 0.4) is 0 Å². The van der Waals surface area contributed by atoms with Gasteiger partial charge >= 0.3 is 26.4 Å². The Kier molecular flexibility index (Phi) is 18.5. The molecule has 0 amide bonds. The van der Waals surface area contributed by atoms with Gasteiger partial charge in [-0.2, -0.15) is 0 Å². The molecule has 0 saturated carbocycles. The van der Waals surface area contributed by atoms with Crippen LogP contribution in [0.4, 0.5) is 69.2 Å². The molecular weight excluding hydrogens is 798 g/mol. The summed E-state index contributed by atoms with van der Waals surface area (Å²) in [6.07, 6.45) is 3.56. The fraction of sp³-hybridized carbons (Fsp3) is 0.263. The highest BCUT2D eigenvalue weighted by Crippen LogP contribution is 2.24. The van der Waals surface area contributed by atoms with Crippen LogP contribution in [-0.4, -0.2) is 47.2 Å². The number of benzene rings is 4. The minimum Gasteiger partial charge on any atom is -0.418 e. The Morgan fingerprint density at radius 1 is 0.567 bits per heavy atom. The first-order valence-corrected chi connectivity index (χ1v) is 18.5. The summed E-state index contributed by atoms with van der Waals surface area (Å²) in [6.45, 7) is 8.00. The molecule has 2 aromatic heterocycles. The molecule has 0 aliphatic rings. The van der Waals surface area contributed by atoms with Gasteiger partial charge in [0, 0.05) is 52.9 Å². The van der Waals surface area contributed by atoms with Crippen molar-refractivity contribution in [2.75, 3.05) is 22.9 Å². The number of nitrogens with zero attached hydrogens (tertiary/aromatic N) is 12. The molecule has 0 aliphatic carbocycles. The fourth-order valence-electron chi connectivity index (χ4n) is 5.30. The molecule has 2 heterocycles. The summed E-state index contributed by atoms with van der Waals surface area (Å²) in [5.74, 6) is 1.27. The minimum atomic E-state index is -6.00. The van der Waals surface area contributed by atoms with Crippen molar-refractivity contribution in [3.63, 3.8) is 0 Å². The van der Waals surface area contributed by atoms with E-state index in [1.807, 2.05) is 80.1 Å². The quantitative estimate of drug-likeness (QED) is 0.0530. The van der Waals surface area contributed by atoms with Gasteiger partial charge in [0.05, 0.1) is 39.6 Å². The lowest BCUT2D eigenvalue weighted by molar-refractivity contribution is -0.659. The van der Waals surface area contributed by atoms with Gasteiger partial charge in [0.25, 0.3) is 0 Å². The van der Waals surface area contributed by atoms with Gasteiger partial charge in [-0.1, -0.05) is 70.9 Å². The van der Waals surface area contributed by atoms with Crippen LogP contribution in [-0.2, 0) is 41.3 Å². The van der Waals surface area contributed by atoms with Crippen LogP contribution in [0.5, 0.6) is 0 Å². The van der Waals surface area contributed by atoms with Crippen molar-refractivity contribution >= 4 is 49.2 Å². The summed E-state index contributed by atoms with van der Waals surface area (Å²) >= 11 is 0. The van der Waals surface area contributed by atoms with Crippen molar-refractivity contribution in [1.82, 2.24) is 19.6 Å². The number of aromatic nitrogens is 6. The molecule has 6 aromatic rings. The van der Waals surface area contributed by atoms with Crippen LogP contribution < -0.4 is 18.9 Å². The molecule has 0 unspecified atom stereocenters. The zero-order chi connectivity index (χ0) is 44.3. The second-order valence-corrected chi connectivity index (χ2v) is 12.8. The molecule has 0 radical (unpaired) electrons. The van der Waals surface area contributed by atoms with E-state index in [0.717, 1.165) is 37.6 Å². The smallest absolute Gasteiger partial charge is 0.418 e. The summed E-state index contributed by atoms with van der Waals surface area (Å²) in [7, 11) is -4.50. The van der Waals surface area contributed by atoms with Gasteiger partial charge < -0.3 is 44.3 Å². The average Bonchev–Trinajstić information content (AvgIpc) is 3.71. The van der Waals surface area contributed by atoms with Crippen LogP contribution in [0.25, 0.3) is 0 Å². The molecule has 0 N–H and O–H groups in total. The number of halogens is 8. The first-order chi connectivity index (χ1) is 28.3. The van der Waals surface area contributed by atoms with Crippen molar-refractivity contribution in [1.29, 1.82) is 0 Å². The van der Waals surface area contributed by atoms with Gasteiger partial charge in [-0.15, -0.1) is 9.36 Å². The zero-order valence-electron chi connectivity index (χ0n) is 33.9. The van der Waals surface area contributed by atoms with Gasteiger partial charge in [0.15, 0.2) is 6.33 Å². The van der Waals surface area contributed by atoms with Crippen molar-refractivity contribution < 1.29 is 43.7 Å². The second-order valence-electron chi connectivity index (χ2n) is 12.8. The van der Waals surface area contributed by atoms with E-state index >= 15 is 0 Å². The third kappa shape index (κ3) is 18.4. The molecule has 60 heavy (non-hydrogen) atoms. The Hall–Kier alpha value is -6.47. The van der Waals surface area contributed by atoms with Crippen LogP contribution in [0.15, 0.2) is 142 Å². The standard InChI is InChI=1S/2C19H23N6.2BF4/c1-4-25(14-16-8-6-5-7-9-16)18-12-10-17(11-13-18)20-21-19-22-24(3)15-23(19)2;1-4-25(14-16-8-6-5-7-9-16)18-12-10-17(11-13-18)21-22-19-23(2)15-20-24(19)3;2*2-1(3,4)5/h2*5-13,15H,4,14H2,1-3H3;;/q2*+1;2*-1. The monoisotopic (exact) mass is 844 g/mol. The predicted octanol–water partition coefficient (Wildman–Crippen LogP) is 9.97. The van der Waals surface area contributed by atoms with Crippen LogP contribution >= 0.6 is 0 Å². The zero-order valence-corrected chi connectivity index (χ0v) is 33.9. The van der Waals surface area contributed by atoms with E-state index in [-0.39, 0.29) is 0 Å². The highest BCUT2D eigenvalue weighted by Gasteiger charge is 2.21. The Balaban J connectivity index is 0.000000262. The summed E-state index contributed by atoms with van der Waals surface area (Å²) in [6, 6.07) is 37.3. The molecule has 6 rings (SSSR count). The highest BCUT2D eigenvalue weighted by molar-refractivity contribution is 6.50. The Morgan fingerprint density at radius 3 is 1.30 bits per heavy atom. The maximum Gasteiger partial charge on any atom is 0.673 e. The molecule has 0 atom stereocenters. The summed E-state index contributed by atoms with van der Waals surface area (Å²) in [5, 5.41) is 25.4. The minimum absolute atomic E-state index is 0.575. The molecule has 0 saturated heterocycles. The summed E-state index contributed by atoms with van der Waals surface area (Å²) < 4.78 is 85.1. The van der Waals surface area contributed by atoms with Crippen LogP contribution in [0.1, 0.15) is 25.0 Å². The third-order valence-electron chi connectivity index (χ3n) is 8.04. The van der Waals surface area contributed by atoms with E-state index in [4.69, 9.17) is 0 Å². The molecule has 0 bridgehead atoms. The fourth-order valence-corrected chi connectivity index (χ4v) is 5.30. The van der Waals surface area contributed by atoms with Gasteiger partial charge in [0.2, 0.25) is 6.33 Å².